The SMILES string of the molecule is O=C1CC[C@H]2CNCC12. The van der Waals surface area contributed by atoms with E-state index in [1.807, 2.05) is 0 Å². The second-order valence-corrected chi connectivity index (χ2v) is 3.03. The molecule has 1 aliphatic heterocycles. The van der Waals surface area contributed by atoms with Gasteiger partial charge in [-0.15, -0.1) is 0 Å². The van der Waals surface area contributed by atoms with Crippen LogP contribution in [0.4, 0.5) is 0 Å². The van der Waals surface area contributed by atoms with Crippen LogP contribution in [0.1, 0.15) is 12.8 Å². The number of fused-ring (bicyclic) bond motifs is 1. The first-order chi connectivity index (χ1) is 4.38. The number of hydrogen-bond acceptors (Lipinski definition) is 2. The Bertz CT molecular complexity index is 144. The summed E-state index contributed by atoms with van der Waals surface area (Å²) >= 11 is 0. The third-order valence-corrected chi connectivity index (χ3v) is 2.51. The van der Waals surface area contributed by atoms with Gasteiger partial charge in [-0.05, 0) is 18.9 Å². The molecule has 2 atom stereocenters. The van der Waals surface area contributed by atoms with Crippen molar-refractivity contribution >= 4 is 5.78 Å². The predicted octanol–water partition coefficient (Wildman–Crippen LogP) is 0.185. The van der Waals surface area contributed by atoms with Crippen molar-refractivity contribution < 1.29 is 4.79 Å². The molecule has 50 valence electrons. The smallest absolute Gasteiger partial charge is 0.137 e. The molecule has 2 aliphatic rings. The zero-order chi connectivity index (χ0) is 6.27. The zero-order valence-corrected chi connectivity index (χ0v) is 5.39. The van der Waals surface area contributed by atoms with Crippen LogP contribution >= 0.6 is 0 Å². The highest BCUT2D eigenvalue weighted by atomic mass is 16.1. The molecule has 1 heterocycles. The van der Waals surface area contributed by atoms with Gasteiger partial charge in [-0.2, -0.15) is 0 Å². The highest BCUT2D eigenvalue weighted by Crippen LogP contribution is 2.30. The Morgan fingerprint density at radius 1 is 1.44 bits per heavy atom. The number of nitrogens with one attached hydrogen (secondary N) is 1. The van der Waals surface area contributed by atoms with E-state index in [4.69, 9.17) is 0 Å². The molecule has 0 amide bonds. The van der Waals surface area contributed by atoms with Gasteiger partial charge in [0.05, 0.1) is 0 Å². The second-order valence-electron chi connectivity index (χ2n) is 3.03. The third kappa shape index (κ3) is 0.697. The van der Waals surface area contributed by atoms with Gasteiger partial charge < -0.3 is 5.32 Å². The molecule has 1 unspecified atom stereocenters. The van der Waals surface area contributed by atoms with E-state index in [1.54, 1.807) is 0 Å². The number of rotatable bonds is 0. The van der Waals surface area contributed by atoms with Crippen LogP contribution in [0.3, 0.4) is 0 Å². The molecule has 0 aromatic carbocycles. The minimum absolute atomic E-state index is 0.394. The minimum atomic E-state index is 0.394. The van der Waals surface area contributed by atoms with Crippen LogP contribution in [0.2, 0.25) is 0 Å². The van der Waals surface area contributed by atoms with Gasteiger partial charge in [0.15, 0.2) is 0 Å². The van der Waals surface area contributed by atoms with Crippen LogP contribution in [0.25, 0.3) is 0 Å². The lowest BCUT2D eigenvalue weighted by Crippen LogP contribution is -2.14. The second kappa shape index (κ2) is 1.81. The molecule has 2 rings (SSSR count). The van der Waals surface area contributed by atoms with E-state index in [0.717, 1.165) is 25.9 Å². The summed E-state index contributed by atoms with van der Waals surface area (Å²) in [5, 5.41) is 3.23. The topological polar surface area (TPSA) is 29.1 Å². The lowest BCUT2D eigenvalue weighted by atomic mass is 10.0. The Balaban J connectivity index is 2.15. The number of carbonyl (C=O) groups excluding carboxylic acids is 1. The first kappa shape index (κ1) is 5.42. The molecule has 9 heavy (non-hydrogen) atoms. The molecular weight excluding hydrogens is 114 g/mol. The monoisotopic (exact) mass is 125 g/mol. The summed E-state index contributed by atoms with van der Waals surface area (Å²) in [7, 11) is 0. The van der Waals surface area contributed by atoms with Crippen LogP contribution in [0.5, 0.6) is 0 Å². The van der Waals surface area contributed by atoms with Crippen LogP contribution in [0, 0.1) is 11.8 Å². The van der Waals surface area contributed by atoms with E-state index in [0.29, 0.717) is 17.6 Å². The van der Waals surface area contributed by atoms with Gasteiger partial charge in [-0.1, -0.05) is 0 Å². The maximum Gasteiger partial charge on any atom is 0.137 e. The number of hydrogen-bond donors (Lipinski definition) is 1. The maximum atomic E-state index is 11.0. The molecule has 1 N–H and O–H groups in total. The third-order valence-electron chi connectivity index (χ3n) is 2.51. The Morgan fingerprint density at radius 3 is 3.11 bits per heavy atom. The summed E-state index contributed by atoms with van der Waals surface area (Å²) in [6, 6.07) is 0. The van der Waals surface area contributed by atoms with Gasteiger partial charge in [-0.3, -0.25) is 4.79 Å². The lowest BCUT2D eigenvalue weighted by molar-refractivity contribution is -0.120. The van der Waals surface area contributed by atoms with E-state index < -0.39 is 0 Å². The Labute approximate surface area is 54.6 Å². The molecule has 0 aromatic heterocycles. The normalized spacial score (nSPS) is 41.6. The van der Waals surface area contributed by atoms with Crippen molar-refractivity contribution in [1.82, 2.24) is 5.32 Å². The first-order valence-corrected chi connectivity index (χ1v) is 3.61. The van der Waals surface area contributed by atoms with Crippen molar-refractivity contribution in [3.8, 4) is 0 Å². The van der Waals surface area contributed by atoms with Crippen LogP contribution < -0.4 is 5.32 Å². The quantitative estimate of drug-likeness (QED) is 0.500. The first-order valence-electron chi connectivity index (χ1n) is 3.61. The minimum Gasteiger partial charge on any atom is -0.316 e. The Hall–Kier alpha value is -0.370. The highest BCUT2D eigenvalue weighted by Gasteiger charge is 2.37. The van der Waals surface area contributed by atoms with Gasteiger partial charge in [0, 0.05) is 18.9 Å². The van der Waals surface area contributed by atoms with Crippen molar-refractivity contribution in [2.45, 2.75) is 12.8 Å². The van der Waals surface area contributed by atoms with E-state index in [-0.39, 0.29) is 0 Å². The highest BCUT2D eigenvalue weighted by molar-refractivity contribution is 5.84. The Morgan fingerprint density at radius 2 is 2.33 bits per heavy atom. The molecule has 2 fully saturated rings. The van der Waals surface area contributed by atoms with Crippen molar-refractivity contribution in [2.75, 3.05) is 13.1 Å². The average molecular weight is 125 g/mol. The zero-order valence-electron chi connectivity index (χ0n) is 5.39. The standard InChI is InChI=1S/C7H11NO/c9-7-2-1-5-3-8-4-6(5)7/h5-6,8H,1-4H2/t5-,6?/m0/s1. The fraction of sp³-hybridized carbons (Fsp3) is 0.857. The van der Waals surface area contributed by atoms with E-state index in [1.165, 1.54) is 0 Å². The van der Waals surface area contributed by atoms with Crippen molar-refractivity contribution in [3.63, 3.8) is 0 Å². The van der Waals surface area contributed by atoms with E-state index in [9.17, 15) is 4.79 Å². The molecule has 2 nitrogen and oxygen atoms in total. The van der Waals surface area contributed by atoms with Gasteiger partial charge in [0.2, 0.25) is 0 Å². The number of carbonyl (C=O) groups is 1. The molecule has 1 aliphatic carbocycles. The summed E-state index contributed by atoms with van der Waals surface area (Å²) in [5.41, 5.74) is 0. The van der Waals surface area contributed by atoms with E-state index in [2.05, 4.69) is 5.32 Å². The summed E-state index contributed by atoms with van der Waals surface area (Å²) in [4.78, 5) is 11.0. The van der Waals surface area contributed by atoms with Gasteiger partial charge in [0.1, 0.15) is 5.78 Å². The van der Waals surface area contributed by atoms with Crippen molar-refractivity contribution in [2.24, 2.45) is 11.8 Å². The molecule has 0 spiro atoms. The summed E-state index contributed by atoms with van der Waals surface area (Å²) in [6.07, 6.45) is 1.98. The largest absolute Gasteiger partial charge is 0.316 e. The number of Topliss-reactive ketones (excluding diaryl/α,β-unsaturated/α-hetero) is 1. The van der Waals surface area contributed by atoms with Crippen molar-refractivity contribution in [1.29, 1.82) is 0 Å². The lowest BCUT2D eigenvalue weighted by Gasteiger charge is -2.01. The Kier molecular flexibility index (Phi) is 1.09. The summed E-state index contributed by atoms with van der Waals surface area (Å²) in [6.45, 7) is 2.03. The fourth-order valence-corrected chi connectivity index (χ4v) is 1.93. The maximum absolute atomic E-state index is 11.0. The molecule has 1 saturated carbocycles. The molecule has 2 heteroatoms. The molecule has 0 radical (unpaired) electrons. The fourth-order valence-electron chi connectivity index (χ4n) is 1.93. The predicted molar refractivity (Wildman–Crippen MR) is 34.1 cm³/mol. The average Bonchev–Trinajstić information content (AvgIpc) is 2.35. The summed E-state index contributed by atoms with van der Waals surface area (Å²) in [5.74, 6) is 1.58. The summed E-state index contributed by atoms with van der Waals surface area (Å²) < 4.78 is 0. The molecular formula is C7H11NO. The number of ketones is 1. The van der Waals surface area contributed by atoms with Gasteiger partial charge >= 0.3 is 0 Å². The van der Waals surface area contributed by atoms with Crippen molar-refractivity contribution in [3.05, 3.63) is 0 Å². The molecule has 0 aromatic rings. The van der Waals surface area contributed by atoms with Crippen LogP contribution in [-0.2, 0) is 4.79 Å². The van der Waals surface area contributed by atoms with Crippen LogP contribution in [0.15, 0.2) is 0 Å². The molecule has 1 saturated heterocycles. The molecule has 0 bridgehead atoms. The van der Waals surface area contributed by atoms with Crippen LogP contribution in [-0.4, -0.2) is 18.9 Å². The van der Waals surface area contributed by atoms with Gasteiger partial charge in [-0.25, -0.2) is 0 Å². The van der Waals surface area contributed by atoms with E-state index >= 15 is 0 Å². The van der Waals surface area contributed by atoms with Gasteiger partial charge in [0.25, 0.3) is 0 Å².